The molecule has 0 spiro atoms. The molecule has 4 heteroatoms. The third-order valence-corrected chi connectivity index (χ3v) is 3.17. The quantitative estimate of drug-likeness (QED) is 0.567. The predicted molar refractivity (Wildman–Crippen MR) is 62.3 cm³/mol. The fourth-order valence-electron chi connectivity index (χ4n) is 2.12. The summed E-state index contributed by atoms with van der Waals surface area (Å²) in [5.41, 5.74) is 2.56. The summed E-state index contributed by atoms with van der Waals surface area (Å²) >= 11 is 0. The Morgan fingerprint density at radius 2 is 2.12 bits per heavy atom. The molecule has 1 aromatic rings. The van der Waals surface area contributed by atoms with Crippen LogP contribution in [-0.4, -0.2) is 22.4 Å². The third-order valence-electron chi connectivity index (χ3n) is 3.17. The van der Waals surface area contributed by atoms with E-state index in [1.54, 1.807) is 12.1 Å². The first kappa shape index (κ1) is 11.1. The van der Waals surface area contributed by atoms with E-state index in [0.717, 1.165) is 25.1 Å². The number of non-ortho nitro benzene ring substituents is 1. The van der Waals surface area contributed by atoms with E-state index in [-0.39, 0.29) is 10.6 Å². The molecular weight excluding hydrogens is 204 g/mol. The lowest BCUT2D eigenvalue weighted by molar-refractivity contribution is -0.384. The van der Waals surface area contributed by atoms with E-state index < -0.39 is 0 Å². The summed E-state index contributed by atoms with van der Waals surface area (Å²) in [5, 5.41) is 10.7. The molecule has 0 unspecified atom stereocenters. The van der Waals surface area contributed by atoms with Crippen LogP contribution in [0.15, 0.2) is 18.2 Å². The minimum Gasteiger partial charge on any atom is -0.296 e. The van der Waals surface area contributed by atoms with Gasteiger partial charge in [-0.3, -0.25) is 15.0 Å². The first-order chi connectivity index (χ1) is 7.58. The highest BCUT2D eigenvalue weighted by Crippen LogP contribution is 2.24. The predicted octanol–water partition coefficient (Wildman–Crippen LogP) is 2.36. The van der Waals surface area contributed by atoms with E-state index in [1.807, 2.05) is 6.07 Å². The van der Waals surface area contributed by atoms with Crippen LogP contribution in [0.2, 0.25) is 0 Å². The molecule has 0 fully saturated rings. The average Bonchev–Trinajstić information content (AvgIpc) is 2.27. The molecular formula is C12H16N2O2. The molecule has 2 rings (SSSR count). The lowest BCUT2D eigenvalue weighted by atomic mass is 9.98. The summed E-state index contributed by atoms with van der Waals surface area (Å²) in [6.07, 6.45) is 0.912. The number of fused-ring (bicyclic) bond motifs is 1. The first-order valence-corrected chi connectivity index (χ1v) is 5.58. The van der Waals surface area contributed by atoms with E-state index in [2.05, 4.69) is 18.7 Å². The molecule has 16 heavy (non-hydrogen) atoms. The van der Waals surface area contributed by atoms with E-state index >= 15 is 0 Å². The molecule has 4 nitrogen and oxygen atoms in total. The highest BCUT2D eigenvalue weighted by atomic mass is 16.6. The molecule has 0 bridgehead atoms. The maximum absolute atomic E-state index is 10.7. The van der Waals surface area contributed by atoms with E-state index in [0.29, 0.717) is 6.04 Å². The molecule has 0 saturated heterocycles. The van der Waals surface area contributed by atoms with Crippen LogP contribution in [0.1, 0.15) is 25.0 Å². The van der Waals surface area contributed by atoms with Gasteiger partial charge in [0.05, 0.1) is 4.92 Å². The second-order valence-electron chi connectivity index (χ2n) is 4.52. The van der Waals surface area contributed by atoms with Crippen molar-refractivity contribution in [1.82, 2.24) is 4.90 Å². The minimum atomic E-state index is -0.324. The molecule has 0 N–H and O–H groups in total. The second-order valence-corrected chi connectivity index (χ2v) is 4.52. The van der Waals surface area contributed by atoms with Gasteiger partial charge in [0.15, 0.2) is 0 Å². The van der Waals surface area contributed by atoms with Crippen LogP contribution in [-0.2, 0) is 13.0 Å². The smallest absolute Gasteiger partial charge is 0.269 e. The van der Waals surface area contributed by atoms with Crippen molar-refractivity contribution in [3.63, 3.8) is 0 Å². The zero-order valence-electron chi connectivity index (χ0n) is 9.64. The summed E-state index contributed by atoms with van der Waals surface area (Å²) in [7, 11) is 0. The van der Waals surface area contributed by atoms with Crippen molar-refractivity contribution in [3.8, 4) is 0 Å². The number of hydrogen-bond donors (Lipinski definition) is 0. The van der Waals surface area contributed by atoms with Crippen LogP contribution in [0.4, 0.5) is 5.69 Å². The van der Waals surface area contributed by atoms with Crippen molar-refractivity contribution in [2.45, 2.75) is 32.9 Å². The molecule has 1 aliphatic heterocycles. The summed E-state index contributed by atoms with van der Waals surface area (Å²) < 4.78 is 0. The van der Waals surface area contributed by atoms with Gasteiger partial charge in [0.2, 0.25) is 0 Å². The summed E-state index contributed by atoms with van der Waals surface area (Å²) in [6.45, 7) is 6.25. The Balaban J connectivity index is 2.25. The van der Waals surface area contributed by atoms with Crippen LogP contribution in [0.25, 0.3) is 0 Å². The van der Waals surface area contributed by atoms with Crippen molar-refractivity contribution >= 4 is 5.69 Å². The molecule has 1 aromatic carbocycles. The normalized spacial score (nSPS) is 16.2. The van der Waals surface area contributed by atoms with Gasteiger partial charge in [-0.1, -0.05) is 6.07 Å². The summed E-state index contributed by atoms with van der Waals surface area (Å²) in [6, 6.07) is 5.74. The van der Waals surface area contributed by atoms with Gasteiger partial charge in [0, 0.05) is 31.3 Å². The Labute approximate surface area is 95.0 Å². The molecule has 1 heterocycles. The van der Waals surface area contributed by atoms with Crippen molar-refractivity contribution in [2.24, 2.45) is 0 Å². The minimum absolute atomic E-state index is 0.205. The molecule has 0 amide bonds. The Kier molecular flexibility index (Phi) is 2.92. The lowest BCUT2D eigenvalue weighted by Crippen LogP contribution is -2.35. The Bertz CT molecular complexity index is 415. The number of hydrogen-bond acceptors (Lipinski definition) is 3. The van der Waals surface area contributed by atoms with Gasteiger partial charge in [-0.25, -0.2) is 0 Å². The zero-order valence-corrected chi connectivity index (χ0v) is 9.64. The van der Waals surface area contributed by atoms with Crippen LogP contribution in [0.3, 0.4) is 0 Å². The fourth-order valence-corrected chi connectivity index (χ4v) is 2.12. The van der Waals surface area contributed by atoms with Crippen molar-refractivity contribution in [2.75, 3.05) is 6.54 Å². The summed E-state index contributed by atoms with van der Waals surface area (Å²) in [5.74, 6) is 0. The molecule has 0 atom stereocenters. The standard InChI is InChI=1S/C12H16N2O2/c1-9(2)13-6-5-10-7-12(14(15)16)4-3-11(10)8-13/h3-4,7,9H,5-6,8H2,1-2H3. The average molecular weight is 220 g/mol. The van der Waals surface area contributed by atoms with Crippen LogP contribution < -0.4 is 0 Å². The monoisotopic (exact) mass is 220 g/mol. The highest BCUT2D eigenvalue weighted by Gasteiger charge is 2.20. The van der Waals surface area contributed by atoms with Crippen molar-refractivity contribution in [1.29, 1.82) is 0 Å². The number of nitro benzene ring substituents is 1. The molecule has 86 valence electrons. The number of nitrogens with zero attached hydrogens (tertiary/aromatic N) is 2. The highest BCUT2D eigenvalue weighted by molar-refractivity contribution is 5.41. The molecule has 0 radical (unpaired) electrons. The van der Waals surface area contributed by atoms with Gasteiger partial charge in [0.1, 0.15) is 0 Å². The lowest BCUT2D eigenvalue weighted by Gasteiger charge is -2.31. The largest absolute Gasteiger partial charge is 0.296 e. The Morgan fingerprint density at radius 1 is 1.38 bits per heavy atom. The van der Waals surface area contributed by atoms with E-state index in [4.69, 9.17) is 0 Å². The fraction of sp³-hybridized carbons (Fsp3) is 0.500. The zero-order chi connectivity index (χ0) is 11.7. The van der Waals surface area contributed by atoms with Crippen LogP contribution in [0, 0.1) is 10.1 Å². The van der Waals surface area contributed by atoms with Crippen LogP contribution >= 0.6 is 0 Å². The maximum Gasteiger partial charge on any atom is 0.269 e. The molecule has 0 saturated carbocycles. The third kappa shape index (κ3) is 2.07. The van der Waals surface area contributed by atoms with E-state index in [9.17, 15) is 10.1 Å². The number of rotatable bonds is 2. The second kappa shape index (κ2) is 4.22. The van der Waals surface area contributed by atoms with Crippen molar-refractivity contribution < 1.29 is 4.92 Å². The topological polar surface area (TPSA) is 46.4 Å². The molecule has 1 aliphatic rings. The van der Waals surface area contributed by atoms with Crippen molar-refractivity contribution in [3.05, 3.63) is 39.4 Å². The van der Waals surface area contributed by atoms with Gasteiger partial charge in [0.25, 0.3) is 5.69 Å². The van der Waals surface area contributed by atoms with Gasteiger partial charge in [-0.2, -0.15) is 0 Å². The van der Waals surface area contributed by atoms with E-state index in [1.165, 1.54) is 5.56 Å². The first-order valence-electron chi connectivity index (χ1n) is 5.58. The molecule has 0 aliphatic carbocycles. The van der Waals surface area contributed by atoms with Gasteiger partial charge in [-0.05, 0) is 31.4 Å². The van der Waals surface area contributed by atoms with Gasteiger partial charge < -0.3 is 0 Å². The maximum atomic E-state index is 10.7. The Morgan fingerprint density at radius 3 is 2.75 bits per heavy atom. The number of benzene rings is 1. The number of nitro groups is 1. The Hall–Kier alpha value is -1.42. The SMILES string of the molecule is CC(C)N1CCc2cc([N+](=O)[O-])ccc2C1. The van der Waals surface area contributed by atoms with Gasteiger partial charge >= 0.3 is 0 Å². The summed E-state index contributed by atoms with van der Waals surface area (Å²) in [4.78, 5) is 12.7. The van der Waals surface area contributed by atoms with Gasteiger partial charge in [-0.15, -0.1) is 0 Å². The molecule has 0 aromatic heterocycles. The van der Waals surface area contributed by atoms with Crippen LogP contribution in [0.5, 0.6) is 0 Å².